The Morgan fingerprint density at radius 1 is 1.42 bits per heavy atom. The summed E-state index contributed by atoms with van der Waals surface area (Å²) in [5.41, 5.74) is 7.42. The van der Waals surface area contributed by atoms with Crippen molar-refractivity contribution in [3.8, 4) is 0 Å². The Balaban J connectivity index is 1.89. The second-order valence-corrected chi connectivity index (χ2v) is 4.87. The number of methoxy groups -OCH3 is 1. The molecule has 5 nitrogen and oxygen atoms in total. The lowest BCUT2D eigenvalue weighted by Crippen LogP contribution is -2.36. The van der Waals surface area contributed by atoms with Gasteiger partial charge < -0.3 is 21.0 Å². The van der Waals surface area contributed by atoms with Gasteiger partial charge in [-0.05, 0) is 24.8 Å². The maximum Gasteiger partial charge on any atom is 0.170 e. The second kappa shape index (κ2) is 6.54. The molecule has 0 heterocycles. The predicted octanol–water partition coefficient (Wildman–Crippen LogP) is 1.44. The van der Waals surface area contributed by atoms with Crippen LogP contribution in [-0.4, -0.2) is 30.3 Å². The van der Waals surface area contributed by atoms with E-state index in [1.165, 1.54) is 18.4 Å². The normalized spacial score (nSPS) is 23.7. The molecule has 2 atom stereocenters. The molecule has 1 aliphatic carbocycles. The lowest BCUT2D eigenvalue weighted by Gasteiger charge is -2.19. The maximum atomic E-state index is 8.60. The number of hydrogen-bond donors (Lipinski definition) is 3. The first kappa shape index (κ1) is 13.8. The summed E-state index contributed by atoms with van der Waals surface area (Å²) in [4.78, 5) is 0. The number of nitrogens with two attached hydrogens (primary N) is 1. The Kier molecular flexibility index (Phi) is 4.76. The summed E-state index contributed by atoms with van der Waals surface area (Å²) in [6.45, 7) is 0.807. The number of nitrogens with one attached hydrogen (secondary N) is 1. The molecule has 0 saturated heterocycles. The van der Waals surface area contributed by atoms with Gasteiger partial charge in [-0.3, -0.25) is 0 Å². The van der Waals surface area contributed by atoms with Crippen molar-refractivity contribution in [3.63, 3.8) is 0 Å². The van der Waals surface area contributed by atoms with E-state index >= 15 is 0 Å². The summed E-state index contributed by atoms with van der Waals surface area (Å²) in [6, 6.07) is 8.12. The molecule has 1 aromatic rings. The van der Waals surface area contributed by atoms with Crippen LogP contribution in [0.25, 0.3) is 0 Å². The van der Waals surface area contributed by atoms with Crippen LogP contribution in [-0.2, 0) is 11.3 Å². The van der Waals surface area contributed by atoms with Crippen molar-refractivity contribution >= 4 is 5.84 Å². The number of oxime groups is 1. The highest BCUT2D eigenvalue weighted by atomic mass is 16.5. The summed E-state index contributed by atoms with van der Waals surface area (Å²) in [7, 11) is 1.77. The standard InChI is InChI=1S/C14H21N3O2/c1-19-13-4-2-3-12(13)16-9-10-5-7-11(8-6-10)14(15)17-18/h5-8,12-13,16,18H,2-4,9H2,1H3,(H2,15,17). The van der Waals surface area contributed by atoms with Crippen LogP contribution in [0, 0.1) is 0 Å². The van der Waals surface area contributed by atoms with Gasteiger partial charge in [0.15, 0.2) is 5.84 Å². The third-order valence-electron chi connectivity index (χ3n) is 3.68. The minimum atomic E-state index is 0.134. The number of hydrogen-bond acceptors (Lipinski definition) is 4. The van der Waals surface area contributed by atoms with Crippen LogP contribution in [0.5, 0.6) is 0 Å². The molecule has 5 heteroatoms. The highest BCUT2D eigenvalue weighted by Gasteiger charge is 2.26. The van der Waals surface area contributed by atoms with Gasteiger partial charge in [-0.15, -0.1) is 0 Å². The summed E-state index contributed by atoms with van der Waals surface area (Å²) in [5, 5.41) is 15.1. The Morgan fingerprint density at radius 3 is 2.79 bits per heavy atom. The number of benzene rings is 1. The highest BCUT2D eigenvalue weighted by Crippen LogP contribution is 2.21. The zero-order valence-electron chi connectivity index (χ0n) is 11.2. The SMILES string of the molecule is COC1CCCC1NCc1ccc(C(N)=NO)cc1. The van der Waals surface area contributed by atoms with E-state index < -0.39 is 0 Å². The number of amidine groups is 1. The van der Waals surface area contributed by atoms with Crippen LogP contribution in [0.1, 0.15) is 30.4 Å². The van der Waals surface area contributed by atoms with Crippen LogP contribution in [0.2, 0.25) is 0 Å². The first-order chi connectivity index (χ1) is 9.24. The molecule has 0 spiro atoms. The smallest absolute Gasteiger partial charge is 0.170 e. The van der Waals surface area contributed by atoms with Gasteiger partial charge in [0.25, 0.3) is 0 Å². The van der Waals surface area contributed by atoms with Crippen molar-refractivity contribution in [2.75, 3.05) is 7.11 Å². The fourth-order valence-electron chi connectivity index (χ4n) is 2.54. The van der Waals surface area contributed by atoms with Gasteiger partial charge in [0.05, 0.1) is 6.10 Å². The van der Waals surface area contributed by atoms with E-state index in [1.807, 2.05) is 24.3 Å². The van der Waals surface area contributed by atoms with E-state index in [1.54, 1.807) is 7.11 Å². The van der Waals surface area contributed by atoms with Crippen LogP contribution in [0.3, 0.4) is 0 Å². The van der Waals surface area contributed by atoms with E-state index in [9.17, 15) is 0 Å². The average molecular weight is 263 g/mol. The van der Waals surface area contributed by atoms with E-state index in [-0.39, 0.29) is 5.84 Å². The topological polar surface area (TPSA) is 79.9 Å². The Bertz CT molecular complexity index is 431. The molecule has 1 saturated carbocycles. The fraction of sp³-hybridized carbons (Fsp3) is 0.500. The molecule has 0 radical (unpaired) electrons. The van der Waals surface area contributed by atoms with E-state index in [2.05, 4.69) is 10.5 Å². The Morgan fingerprint density at radius 2 is 2.16 bits per heavy atom. The zero-order valence-corrected chi connectivity index (χ0v) is 11.2. The number of nitrogens with zero attached hydrogens (tertiary/aromatic N) is 1. The van der Waals surface area contributed by atoms with Gasteiger partial charge in [0.2, 0.25) is 0 Å². The number of ether oxygens (including phenoxy) is 1. The van der Waals surface area contributed by atoms with Gasteiger partial charge in [-0.1, -0.05) is 29.4 Å². The summed E-state index contributed by atoms with van der Waals surface area (Å²) >= 11 is 0. The van der Waals surface area contributed by atoms with Crippen molar-refractivity contribution < 1.29 is 9.94 Å². The quantitative estimate of drug-likeness (QED) is 0.325. The number of rotatable bonds is 5. The molecule has 2 unspecified atom stereocenters. The molecular weight excluding hydrogens is 242 g/mol. The molecule has 2 rings (SSSR count). The van der Waals surface area contributed by atoms with Crippen LogP contribution in [0.4, 0.5) is 0 Å². The van der Waals surface area contributed by atoms with Gasteiger partial charge in [0, 0.05) is 25.3 Å². The van der Waals surface area contributed by atoms with Crippen molar-refractivity contribution in [1.29, 1.82) is 0 Å². The first-order valence-electron chi connectivity index (χ1n) is 6.57. The van der Waals surface area contributed by atoms with Gasteiger partial charge in [-0.25, -0.2) is 0 Å². The van der Waals surface area contributed by atoms with Crippen LogP contribution in [0.15, 0.2) is 29.4 Å². The van der Waals surface area contributed by atoms with Crippen molar-refractivity contribution in [2.45, 2.75) is 38.0 Å². The molecule has 19 heavy (non-hydrogen) atoms. The Hall–Kier alpha value is -1.59. The first-order valence-corrected chi connectivity index (χ1v) is 6.57. The molecular formula is C14H21N3O2. The Labute approximate surface area is 113 Å². The molecule has 0 aliphatic heterocycles. The van der Waals surface area contributed by atoms with Crippen LogP contribution < -0.4 is 11.1 Å². The average Bonchev–Trinajstić information content (AvgIpc) is 2.92. The molecule has 1 fully saturated rings. The largest absolute Gasteiger partial charge is 0.409 e. The third-order valence-corrected chi connectivity index (χ3v) is 3.68. The highest BCUT2D eigenvalue weighted by molar-refractivity contribution is 5.96. The molecule has 1 aromatic carbocycles. The van der Waals surface area contributed by atoms with Gasteiger partial charge in [-0.2, -0.15) is 0 Å². The zero-order chi connectivity index (χ0) is 13.7. The van der Waals surface area contributed by atoms with Crippen molar-refractivity contribution in [1.82, 2.24) is 5.32 Å². The third kappa shape index (κ3) is 3.45. The molecule has 104 valence electrons. The van der Waals surface area contributed by atoms with E-state index in [0.717, 1.165) is 18.5 Å². The molecule has 1 aliphatic rings. The molecule has 0 amide bonds. The van der Waals surface area contributed by atoms with E-state index in [0.29, 0.717) is 12.1 Å². The lowest BCUT2D eigenvalue weighted by atomic mass is 10.1. The van der Waals surface area contributed by atoms with Crippen LogP contribution >= 0.6 is 0 Å². The predicted molar refractivity (Wildman–Crippen MR) is 74.2 cm³/mol. The van der Waals surface area contributed by atoms with Crippen molar-refractivity contribution in [2.24, 2.45) is 10.9 Å². The van der Waals surface area contributed by atoms with Gasteiger partial charge in [0.1, 0.15) is 0 Å². The van der Waals surface area contributed by atoms with E-state index in [4.69, 9.17) is 15.7 Å². The van der Waals surface area contributed by atoms with Gasteiger partial charge >= 0.3 is 0 Å². The minimum absolute atomic E-state index is 0.134. The minimum Gasteiger partial charge on any atom is -0.409 e. The molecule has 0 aromatic heterocycles. The van der Waals surface area contributed by atoms with Crippen molar-refractivity contribution in [3.05, 3.63) is 35.4 Å². The monoisotopic (exact) mass is 263 g/mol. The summed E-state index contributed by atoms with van der Waals surface area (Å²) in [5.74, 6) is 0.134. The molecule has 0 bridgehead atoms. The second-order valence-electron chi connectivity index (χ2n) is 4.87. The lowest BCUT2D eigenvalue weighted by molar-refractivity contribution is 0.0847. The summed E-state index contributed by atoms with van der Waals surface area (Å²) in [6.07, 6.45) is 3.85. The molecule has 4 N–H and O–H groups in total. The maximum absolute atomic E-state index is 8.60. The fourth-order valence-corrected chi connectivity index (χ4v) is 2.54. The summed E-state index contributed by atoms with van der Waals surface area (Å²) < 4.78 is 5.45.